The van der Waals surface area contributed by atoms with Crippen LogP contribution in [0.15, 0.2) is 11.1 Å². The predicted octanol–water partition coefficient (Wildman–Crippen LogP) is 3.99. The summed E-state index contributed by atoms with van der Waals surface area (Å²) in [7, 11) is -0.690. The molecular weight excluding hydrogens is 252 g/mol. The van der Waals surface area contributed by atoms with Gasteiger partial charge in [-0.2, -0.15) is 0 Å². The summed E-state index contributed by atoms with van der Waals surface area (Å²) in [4.78, 5) is 12.2. The van der Waals surface area contributed by atoms with Crippen LogP contribution in [0.4, 0.5) is 0 Å². The lowest BCUT2D eigenvalue weighted by atomic mass is 9.88. The van der Waals surface area contributed by atoms with Crippen LogP contribution in [-0.4, -0.2) is 15.7 Å². The molecule has 2 nitrogen and oxygen atoms in total. The molecule has 0 atom stereocenters. The topological polar surface area (TPSA) is 26.3 Å². The fraction of sp³-hybridized carbons (Fsp3) is 0.812. The van der Waals surface area contributed by atoms with Crippen LogP contribution in [0.2, 0.25) is 5.54 Å². The van der Waals surface area contributed by atoms with Gasteiger partial charge in [0.05, 0.1) is 0 Å². The first kappa shape index (κ1) is 16.5. The van der Waals surface area contributed by atoms with Crippen molar-refractivity contribution in [1.82, 2.24) is 0 Å². The molecule has 1 saturated carbocycles. The van der Waals surface area contributed by atoms with E-state index < -0.39 is 9.76 Å². The van der Waals surface area contributed by atoms with Gasteiger partial charge < -0.3 is 4.43 Å². The summed E-state index contributed by atoms with van der Waals surface area (Å²) >= 11 is 0. The van der Waals surface area contributed by atoms with Gasteiger partial charge in [-0.1, -0.05) is 65.4 Å². The minimum atomic E-state index is -0.690. The average Bonchev–Trinajstić information content (AvgIpc) is 2.36. The van der Waals surface area contributed by atoms with Crippen LogP contribution in [0, 0.1) is 11.8 Å². The van der Waals surface area contributed by atoms with Crippen molar-refractivity contribution in [2.75, 3.05) is 0 Å². The third-order valence-electron chi connectivity index (χ3n) is 4.16. The van der Waals surface area contributed by atoms with Crippen molar-refractivity contribution in [2.45, 2.75) is 72.3 Å². The van der Waals surface area contributed by atoms with E-state index in [4.69, 9.17) is 4.43 Å². The Morgan fingerprint density at radius 1 is 1.05 bits per heavy atom. The summed E-state index contributed by atoms with van der Waals surface area (Å²) < 4.78 is 5.67. The third-order valence-corrected chi connectivity index (χ3v) is 5.87. The standard InChI is InChI=1S/C16H30O2Si/c1-11(2)15(12(3)4)13(5)16(17)18-19-14-9-7-6-8-10-14/h11-12,14H,6-10,19H2,1-5H3. The lowest BCUT2D eigenvalue weighted by Crippen LogP contribution is -2.19. The molecule has 0 aliphatic heterocycles. The van der Waals surface area contributed by atoms with Gasteiger partial charge in [-0.05, 0) is 24.3 Å². The van der Waals surface area contributed by atoms with Gasteiger partial charge in [0, 0.05) is 5.57 Å². The molecule has 0 spiro atoms. The summed E-state index contributed by atoms with van der Waals surface area (Å²) in [5.74, 6) is 0.794. The Kier molecular flexibility index (Phi) is 6.84. The van der Waals surface area contributed by atoms with Gasteiger partial charge in [0.1, 0.15) is 0 Å². The van der Waals surface area contributed by atoms with E-state index >= 15 is 0 Å². The number of carbonyl (C=O) groups excluding carboxylic acids is 1. The molecule has 0 saturated heterocycles. The van der Waals surface area contributed by atoms with Crippen LogP contribution in [0.3, 0.4) is 0 Å². The molecule has 0 N–H and O–H groups in total. The minimum Gasteiger partial charge on any atom is -0.521 e. The van der Waals surface area contributed by atoms with Crippen molar-refractivity contribution in [3.63, 3.8) is 0 Å². The van der Waals surface area contributed by atoms with E-state index in [1.165, 1.54) is 37.7 Å². The molecule has 19 heavy (non-hydrogen) atoms. The summed E-state index contributed by atoms with van der Waals surface area (Å²) in [5, 5.41) is 0. The number of carbonyl (C=O) groups is 1. The zero-order valence-corrected chi connectivity index (χ0v) is 14.7. The molecule has 0 aromatic heterocycles. The molecule has 0 heterocycles. The van der Waals surface area contributed by atoms with E-state index in [1.54, 1.807) is 0 Å². The van der Waals surface area contributed by atoms with E-state index in [0.29, 0.717) is 11.8 Å². The Hall–Kier alpha value is -0.573. The fourth-order valence-corrected chi connectivity index (χ4v) is 4.82. The van der Waals surface area contributed by atoms with Crippen molar-refractivity contribution >= 4 is 15.7 Å². The Morgan fingerprint density at radius 2 is 1.58 bits per heavy atom. The van der Waals surface area contributed by atoms with E-state index in [9.17, 15) is 4.79 Å². The maximum Gasteiger partial charge on any atom is 0.319 e. The summed E-state index contributed by atoms with van der Waals surface area (Å²) in [6, 6.07) is 0. The molecule has 0 aromatic carbocycles. The van der Waals surface area contributed by atoms with Crippen molar-refractivity contribution in [1.29, 1.82) is 0 Å². The zero-order valence-electron chi connectivity index (χ0n) is 13.3. The van der Waals surface area contributed by atoms with E-state index in [0.717, 1.165) is 11.1 Å². The fourth-order valence-electron chi connectivity index (χ4n) is 3.31. The molecule has 1 aliphatic carbocycles. The van der Waals surface area contributed by atoms with Crippen molar-refractivity contribution in [3.8, 4) is 0 Å². The van der Waals surface area contributed by atoms with Crippen LogP contribution in [0.25, 0.3) is 0 Å². The molecule has 3 heteroatoms. The molecule has 0 aromatic rings. The number of allylic oxidation sites excluding steroid dienone is 1. The molecule has 1 fully saturated rings. The molecule has 1 aliphatic rings. The van der Waals surface area contributed by atoms with Crippen LogP contribution < -0.4 is 0 Å². The van der Waals surface area contributed by atoms with Gasteiger partial charge in [-0.3, -0.25) is 0 Å². The van der Waals surface area contributed by atoms with Gasteiger partial charge in [-0.15, -0.1) is 0 Å². The maximum atomic E-state index is 12.2. The highest BCUT2D eigenvalue weighted by molar-refractivity contribution is 6.33. The van der Waals surface area contributed by atoms with E-state index in [1.807, 2.05) is 6.92 Å². The van der Waals surface area contributed by atoms with Gasteiger partial charge in [0.25, 0.3) is 0 Å². The number of hydrogen-bond acceptors (Lipinski definition) is 2. The van der Waals surface area contributed by atoms with Crippen LogP contribution in [0.5, 0.6) is 0 Å². The Labute approximate surface area is 120 Å². The van der Waals surface area contributed by atoms with Crippen molar-refractivity contribution in [3.05, 3.63) is 11.1 Å². The summed E-state index contributed by atoms with van der Waals surface area (Å²) in [6.45, 7) is 10.6. The lowest BCUT2D eigenvalue weighted by molar-refractivity contribution is -0.130. The lowest BCUT2D eigenvalue weighted by Gasteiger charge is -2.22. The predicted molar refractivity (Wildman–Crippen MR) is 83.8 cm³/mol. The van der Waals surface area contributed by atoms with Gasteiger partial charge in [0.2, 0.25) is 9.76 Å². The monoisotopic (exact) mass is 282 g/mol. The molecule has 1 rings (SSSR count). The van der Waals surface area contributed by atoms with E-state index in [2.05, 4.69) is 27.7 Å². The van der Waals surface area contributed by atoms with Crippen LogP contribution in [-0.2, 0) is 9.22 Å². The minimum absolute atomic E-state index is 0.0466. The normalized spacial score (nSPS) is 17.4. The first-order valence-electron chi connectivity index (χ1n) is 7.81. The second kappa shape index (κ2) is 7.88. The van der Waals surface area contributed by atoms with E-state index in [-0.39, 0.29) is 5.97 Å². The van der Waals surface area contributed by atoms with Gasteiger partial charge in [-0.25, -0.2) is 4.79 Å². The molecular formula is C16H30O2Si. The van der Waals surface area contributed by atoms with Crippen LogP contribution >= 0.6 is 0 Å². The number of rotatable bonds is 5. The highest BCUT2D eigenvalue weighted by atomic mass is 28.2. The third kappa shape index (κ3) is 5.13. The summed E-state index contributed by atoms with van der Waals surface area (Å²) in [6.07, 6.45) is 6.58. The maximum absolute atomic E-state index is 12.2. The number of hydrogen-bond donors (Lipinski definition) is 0. The molecule has 0 unspecified atom stereocenters. The SMILES string of the molecule is CC(C(=O)O[SiH2]C1CCCCC1)=C(C(C)C)C(C)C. The van der Waals surface area contributed by atoms with Crippen LogP contribution in [0.1, 0.15) is 66.7 Å². The molecule has 0 radical (unpaired) electrons. The van der Waals surface area contributed by atoms with Crippen molar-refractivity contribution < 1.29 is 9.22 Å². The average molecular weight is 282 g/mol. The second-order valence-corrected chi connectivity index (χ2v) is 8.27. The quantitative estimate of drug-likeness (QED) is 0.563. The molecule has 110 valence electrons. The zero-order chi connectivity index (χ0) is 14.4. The molecule has 0 amide bonds. The summed E-state index contributed by atoms with van der Waals surface area (Å²) in [5.41, 5.74) is 2.84. The highest BCUT2D eigenvalue weighted by Crippen LogP contribution is 2.28. The second-order valence-electron chi connectivity index (χ2n) is 6.49. The van der Waals surface area contributed by atoms with Crippen molar-refractivity contribution in [2.24, 2.45) is 11.8 Å². The highest BCUT2D eigenvalue weighted by Gasteiger charge is 2.20. The smallest absolute Gasteiger partial charge is 0.319 e. The largest absolute Gasteiger partial charge is 0.521 e. The first-order chi connectivity index (χ1) is 8.93. The molecule has 0 bridgehead atoms. The van der Waals surface area contributed by atoms with Gasteiger partial charge in [0.15, 0.2) is 0 Å². The Morgan fingerprint density at radius 3 is 2.05 bits per heavy atom. The van der Waals surface area contributed by atoms with Gasteiger partial charge >= 0.3 is 5.97 Å². The Balaban J connectivity index is 2.57. The first-order valence-corrected chi connectivity index (χ1v) is 9.20. The Bertz CT molecular complexity index is 316.